The number of aromatic nitrogens is 3. The lowest BCUT2D eigenvalue weighted by Crippen LogP contribution is -1.99. The van der Waals surface area contributed by atoms with Gasteiger partial charge in [-0.3, -0.25) is 0 Å². The molecule has 4 heteroatoms. The zero-order valence-electron chi connectivity index (χ0n) is 13.8. The summed E-state index contributed by atoms with van der Waals surface area (Å²) in [5, 5.41) is 5.71. The van der Waals surface area contributed by atoms with Gasteiger partial charge in [0.15, 0.2) is 5.82 Å². The number of hydrogen-bond donors (Lipinski definition) is 0. The van der Waals surface area contributed by atoms with Crippen molar-refractivity contribution in [1.29, 1.82) is 0 Å². The van der Waals surface area contributed by atoms with Crippen LogP contribution < -0.4 is 0 Å². The molecule has 0 aliphatic carbocycles. The predicted molar refractivity (Wildman–Crippen MR) is 102 cm³/mol. The van der Waals surface area contributed by atoms with Gasteiger partial charge in [0.25, 0.3) is 0 Å². The Labute approximate surface area is 151 Å². The molecule has 124 valence electrons. The van der Waals surface area contributed by atoms with E-state index in [-0.39, 0.29) is 0 Å². The molecule has 3 nitrogen and oxygen atoms in total. The van der Waals surface area contributed by atoms with Gasteiger partial charge in [0.05, 0.1) is 0 Å². The molecule has 25 heavy (non-hydrogen) atoms. The monoisotopic (exact) mass is 347 g/mol. The van der Waals surface area contributed by atoms with Crippen LogP contribution in [0.15, 0.2) is 60.8 Å². The van der Waals surface area contributed by atoms with E-state index in [0.29, 0.717) is 0 Å². The second kappa shape index (κ2) is 5.78. The normalized spacial score (nSPS) is 14.0. The lowest BCUT2D eigenvalue weighted by atomic mass is 10.0. The number of benzene rings is 2. The lowest BCUT2D eigenvalue weighted by Gasteiger charge is -2.07. The molecule has 0 amide bonds. The number of halogens is 1. The highest BCUT2D eigenvalue weighted by Crippen LogP contribution is 2.37. The van der Waals surface area contributed by atoms with Gasteiger partial charge in [-0.2, -0.15) is 0 Å². The van der Waals surface area contributed by atoms with Gasteiger partial charge in [-0.15, -0.1) is 5.10 Å². The molecule has 0 unspecified atom stereocenters. The third kappa shape index (κ3) is 2.30. The van der Waals surface area contributed by atoms with Crippen LogP contribution in [0.25, 0.3) is 28.2 Å². The standard InChI is InChI=1S/C21H18ClN3/c22-19-12-5-4-10-16(19)18-14-25-21-17(18)11-6-7-13-24(21)20(23-25)15-8-2-1-3-9-15/h1-5,8-10,12,14H,6-7,11,13H2. The van der Waals surface area contributed by atoms with Crippen molar-refractivity contribution in [2.45, 2.75) is 25.8 Å². The first-order valence-corrected chi connectivity index (χ1v) is 9.12. The van der Waals surface area contributed by atoms with Gasteiger partial charge >= 0.3 is 0 Å². The van der Waals surface area contributed by atoms with Crippen LogP contribution in [0.1, 0.15) is 18.4 Å². The minimum absolute atomic E-state index is 0.797. The Morgan fingerprint density at radius 2 is 1.68 bits per heavy atom. The van der Waals surface area contributed by atoms with E-state index in [9.17, 15) is 0 Å². The summed E-state index contributed by atoms with van der Waals surface area (Å²) in [5.41, 5.74) is 6.05. The Balaban J connectivity index is 1.78. The van der Waals surface area contributed by atoms with Gasteiger partial charge in [-0.1, -0.05) is 60.1 Å². The van der Waals surface area contributed by atoms with Gasteiger partial charge in [-0.25, -0.2) is 4.52 Å². The summed E-state index contributed by atoms with van der Waals surface area (Å²) in [5.74, 6) is 1.05. The van der Waals surface area contributed by atoms with E-state index in [1.54, 1.807) is 0 Å². The van der Waals surface area contributed by atoms with Gasteiger partial charge in [0.2, 0.25) is 0 Å². The van der Waals surface area contributed by atoms with Crippen molar-refractivity contribution >= 4 is 17.2 Å². The van der Waals surface area contributed by atoms with E-state index in [0.717, 1.165) is 29.4 Å². The maximum absolute atomic E-state index is 6.47. The van der Waals surface area contributed by atoms with E-state index in [1.807, 2.05) is 28.8 Å². The van der Waals surface area contributed by atoms with Crippen LogP contribution in [0, 0.1) is 0 Å². The Kier molecular flexibility index (Phi) is 3.42. The van der Waals surface area contributed by atoms with Crippen LogP contribution in [-0.4, -0.2) is 14.2 Å². The fraction of sp³-hybridized carbons (Fsp3) is 0.190. The van der Waals surface area contributed by atoms with E-state index in [2.05, 4.69) is 41.1 Å². The van der Waals surface area contributed by atoms with Crippen molar-refractivity contribution in [3.05, 3.63) is 71.4 Å². The number of nitrogens with zero attached hydrogens (tertiary/aromatic N) is 3. The molecule has 0 N–H and O–H groups in total. The SMILES string of the molecule is Clc1ccccc1-c1cn2nc(-c3ccccc3)n3c2c1CCCC3. The molecule has 0 bridgehead atoms. The zero-order valence-corrected chi connectivity index (χ0v) is 14.6. The molecule has 0 saturated heterocycles. The topological polar surface area (TPSA) is 22.2 Å². The molecular weight excluding hydrogens is 330 g/mol. The quantitative estimate of drug-likeness (QED) is 0.472. The van der Waals surface area contributed by atoms with Crippen molar-refractivity contribution < 1.29 is 0 Å². The molecule has 5 rings (SSSR count). The fourth-order valence-corrected chi connectivity index (χ4v) is 4.12. The summed E-state index contributed by atoms with van der Waals surface area (Å²) in [6.45, 7) is 1.01. The van der Waals surface area contributed by atoms with Gasteiger partial charge in [-0.05, 0) is 25.3 Å². The predicted octanol–water partition coefficient (Wildman–Crippen LogP) is 5.46. The number of rotatable bonds is 2. The van der Waals surface area contributed by atoms with Gasteiger partial charge < -0.3 is 4.57 Å². The third-order valence-corrected chi connectivity index (χ3v) is 5.36. The smallest absolute Gasteiger partial charge is 0.162 e. The summed E-state index contributed by atoms with van der Waals surface area (Å²) in [7, 11) is 0. The molecule has 0 atom stereocenters. The fourth-order valence-electron chi connectivity index (χ4n) is 3.88. The number of aryl methyl sites for hydroxylation is 2. The zero-order chi connectivity index (χ0) is 16.8. The average Bonchev–Trinajstić information content (AvgIpc) is 3.07. The molecule has 4 aromatic rings. The summed E-state index contributed by atoms with van der Waals surface area (Å²) < 4.78 is 4.42. The molecule has 0 radical (unpaired) electrons. The third-order valence-electron chi connectivity index (χ3n) is 5.03. The van der Waals surface area contributed by atoms with Gasteiger partial charge in [0.1, 0.15) is 5.65 Å². The highest BCUT2D eigenvalue weighted by Gasteiger charge is 2.23. The summed E-state index contributed by atoms with van der Waals surface area (Å²) in [6, 6.07) is 18.5. The van der Waals surface area contributed by atoms with Crippen molar-refractivity contribution in [3.63, 3.8) is 0 Å². The van der Waals surface area contributed by atoms with Crippen LogP contribution in [0.3, 0.4) is 0 Å². The lowest BCUT2D eigenvalue weighted by molar-refractivity contribution is 0.645. The largest absolute Gasteiger partial charge is 0.309 e. The average molecular weight is 348 g/mol. The van der Waals surface area contributed by atoms with Crippen LogP contribution in [0.4, 0.5) is 0 Å². The highest BCUT2D eigenvalue weighted by atomic mass is 35.5. The first-order valence-electron chi connectivity index (χ1n) is 8.74. The first kappa shape index (κ1) is 14.8. The van der Waals surface area contributed by atoms with Crippen molar-refractivity contribution in [3.8, 4) is 22.5 Å². The number of hydrogen-bond acceptors (Lipinski definition) is 1. The molecule has 0 saturated carbocycles. The molecule has 0 fully saturated rings. The molecule has 1 aliphatic rings. The molecule has 2 aromatic carbocycles. The van der Waals surface area contributed by atoms with E-state index < -0.39 is 0 Å². The maximum atomic E-state index is 6.47. The molecule has 2 aromatic heterocycles. The summed E-state index contributed by atoms with van der Waals surface area (Å²) >= 11 is 6.47. The Morgan fingerprint density at radius 3 is 2.52 bits per heavy atom. The molecular formula is C21H18ClN3. The summed E-state index contributed by atoms with van der Waals surface area (Å²) in [6.07, 6.45) is 5.56. The highest BCUT2D eigenvalue weighted by molar-refractivity contribution is 6.33. The molecule has 0 spiro atoms. The van der Waals surface area contributed by atoms with Crippen molar-refractivity contribution in [1.82, 2.24) is 14.2 Å². The van der Waals surface area contributed by atoms with Crippen LogP contribution >= 0.6 is 11.6 Å². The Bertz CT molecular complexity index is 1060. The van der Waals surface area contributed by atoms with Crippen LogP contribution in [0.2, 0.25) is 5.02 Å². The van der Waals surface area contributed by atoms with Crippen molar-refractivity contribution in [2.75, 3.05) is 0 Å². The van der Waals surface area contributed by atoms with Crippen molar-refractivity contribution in [2.24, 2.45) is 0 Å². The van der Waals surface area contributed by atoms with Crippen LogP contribution in [-0.2, 0) is 13.0 Å². The Morgan fingerprint density at radius 1 is 0.880 bits per heavy atom. The Hall–Kier alpha value is -2.52. The van der Waals surface area contributed by atoms with E-state index in [4.69, 9.17) is 16.7 Å². The molecule has 3 heterocycles. The second-order valence-corrected chi connectivity index (χ2v) is 6.97. The first-order chi connectivity index (χ1) is 12.3. The second-order valence-electron chi connectivity index (χ2n) is 6.57. The van der Waals surface area contributed by atoms with E-state index >= 15 is 0 Å². The van der Waals surface area contributed by atoms with E-state index in [1.165, 1.54) is 35.2 Å². The minimum atomic E-state index is 0.797. The molecule has 1 aliphatic heterocycles. The van der Waals surface area contributed by atoms with Crippen LogP contribution in [0.5, 0.6) is 0 Å². The minimum Gasteiger partial charge on any atom is -0.309 e. The van der Waals surface area contributed by atoms with Gasteiger partial charge in [0, 0.05) is 40.0 Å². The summed E-state index contributed by atoms with van der Waals surface area (Å²) in [4.78, 5) is 0. The maximum Gasteiger partial charge on any atom is 0.162 e.